The van der Waals surface area contributed by atoms with Gasteiger partial charge >= 0.3 is 7.60 Å². The molecule has 0 aromatic carbocycles. The predicted molar refractivity (Wildman–Crippen MR) is 101 cm³/mol. The summed E-state index contributed by atoms with van der Waals surface area (Å²) < 4.78 is 15.8. The van der Waals surface area contributed by atoms with E-state index < -0.39 is 7.60 Å². The van der Waals surface area contributed by atoms with Crippen LogP contribution in [0.2, 0.25) is 0 Å². The molecule has 23 heavy (non-hydrogen) atoms. The van der Waals surface area contributed by atoms with Gasteiger partial charge in [0.15, 0.2) is 0 Å². The Morgan fingerprint density at radius 2 is 1.22 bits per heavy atom. The van der Waals surface area contributed by atoms with E-state index in [9.17, 15) is 4.57 Å². The van der Waals surface area contributed by atoms with Crippen molar-refractivity contribution in [1.82, 2.24) is 0 Å². The van der Waals surface area contributed by atoms with Gasteiger partial charge in [-0.1, -0.05) is 76.9 Å². The lowest BCUT2D eigenvalue weighted by molar-refractivity contribution is 0.257. The summed E-state index contributed by atoms with van der Waals surface area (Å²) in [5, 5.41) is 0. The molecule has 3 nitrogen and oxygen atoms in total. The second-order valence-electron chi connectivity index (χ2n) is 6.57. The maximum absolute atomic E-state index is 10.9. The smallest absolute Gasteiger partial charge is 0.324 e. The van der Waals surface area contributed by atoms with E-state index in [2.05, 4.69) is 19.1 Å². The molecule has 0 saturated heterocycles. The van der Waals surface area contributed by atoms with Gasteiger partial charge in [-0.2, -0.15) is 0 Å². The third-order valence-corrected chi connectivity index (χ3v) is 4.65. The zero-order chi connectivity index (χ0) is 17.2. The van der Waals surface area contributed by atoms with Crippen LogP contribution in [-0.4, -0.2) is 18.2 Å². The molecule has 0 aromatic heterocycles. The molecule has 0 heterocycles. The van der Waals surface area contributed by atoms with E-state index >= 15 is 0 Å². The van der Waals surface area contributed by atoms with Gasteiger partial charge in [-0.3, -0.25) is 4.57 Å². The van der Waals surface area contributed by atoms with Crippen molar-refractivity contribution in [3.05, 3.63) is 12.2 Å². The average Bonchev–Trinajstić information content (AvgIpc) is 2.49. The van der Waals surface area contributed by atoms with Crippen LogP contribution >= 0.6 is 7.60 Å². The van der Waals surface area contributed by atoms with Crippen molar-refractivity contribution in [3.8, 4) is 0 Å². The van der Waals surface area contributed by atoms with Gasteiger partial charge in [0.1, 0.15) is 0 Å². The van der Waals surface area contributed by atoms with Crippen molar-refractivity contribution in [2.45, 2.75) is 96.8 Å². The molecule has 4 heteroatoms. The molecule has 1 unspecified atom stereocenters. The molecular formula is C19H39O3P. The molecule has 0 saturated carbocycles. The number of hydrogen-bond donors (Lipinski definition) is 1. The zero-order valence-electron chi connectivity index (χ0n) is 15.5. The highest BCUT2D eigenvalue weighted by molar-refractivity contribution is 7.51. The lowest BCUT2D eigenvalue weighted by Crippen LogP contribution is -1.91. The summed E-state index contributed by atoms with van der Waals surface area (Å²) in [4.78, 5) is 8.97. The molecule has 1 N–H and O–H groups in total. The van der Waals surface area contributed by atoms with E-state index in [0.717, 1.165) is 12.8 Å². The van der Waals surface area contributed by atoms with E-state index in [0.29, 0.717) is 6.61 Å². The Hall–Kier alpha value is -0.110. The van der Waals surface area contributed by atoms with Gasteiger partial charge in [0.05, 0.1) is 6.61 Å². The molecule has 0 aliphatic heterocycles. The Labute approximate surface area is 144 Å². The SMILES string of the molecule is CCCCCCCC/C=C\CCCCCCCCOP(C)(=O)O. The zero-order valence-corrected chi connectivity index (χ0v) is 16.4. The first-order valence-corrected chi connectivity index (χ1v) is 11.7. The first kappa shape index (κ1) is 22.9. The fourth-order valence-electron chi connectivity index (χ4n) is 2.58. The lowest BCUT2D eigenvalue weighted by atomic mass is 10.1. The lowest BCUT2D eigenvalue weighted by Gasteiger charge is -2.06. The highest BCUT2D eigenvalue weighted by Crippen LogP contribution is 2.36. The van der Waals surface area contributed by atoms with E-state index in [4.69, 9.17) is 9.42 Å². The third-order valence-electron chi connectivity index (χ3n) is 3.99. The quantitative estimate of drug-likeness (QED) is 0.178. The monoisotopic (exact) mass is 346 g/mol. The minimum Gasteiger partial charge on any atom is -0.324 e. The van der Waals surface area contributed by atoms with Crippen molar-refractivity contribution < 1.29 is 14.0 Å². The predicted octanol–water partition coefficient (Wildman–Crippen LogP) is 6.86. The normalized spacial score (nSPS) is 14.4. The molecule has 138 valence electrons. The first-order chi connectivity index (χ1) is 11.1. The summed E-state index contributed by atoms with van der Waals surface area (Å²) in [5.74, 6) is 0. The van der Waals surface area contributed by atoms with Gasteiger partial charge in [-0.05, 0) is 32.1 Å². The van der Waals surface area contributed by atoms with Gasteiger partial charge in [0.2, 0.25) is 0 Å². The molecule has 0 radical (unpaired) electrons. The molecule has 0 rings (SSSR count). The van der Waals surface area contributed by atoms with Gasteiger partial charge < -0.3 is 9.42 Å². The van der Waals surface area contributed by atoms with Crippen LogP contribution in [0.4, 0.5) is 0 Å². The molecule has 0 fully saturated rings. The summed E-state index contributed by atoms with van der Waals surface area (Å²) in [6.45, 7) is 3.91. The van der Waals surface area contributed by atoms with E-state index in [1.54, 1.807) is 0 Å². The topological polar surface area (TPSA) is 46.5 Å². The minimum absolute atomic E-state index is 0.408. The standard InChI is InChI=1S/C19H39O3P/c1-3-4-5-6-7-8-9-10-11-12-13-14-15-16-17-18-19-22-23(2,20)21/h10-11H,3-9,12-19H2,1-2H3,(H,20,21)/b11-10-. The van der Waals surface area contributed by atoms with Crippen LogP contribution in [0.25, 0.3) is 0 Å². The molecule has 0 spiro atoms. The fraction of sp³-hybridized carbons (Fsp3) is 0.895. The van der Waals surface area contributed by atoms with Gasteiger partial charge in [-0.15, -0.1) is 0 Å². The van der Waals surface area contributed by atoms with Gasteiger partial charge in [0, 0.05) is 6.66 Å². The first-order valence-electron chi connectivity index (χ1n) is 9.66. The average molecular weight is 346 g/mol. The maximum atomic E-state index is 10.9. The third kappa shape index (κ3) is 21.9. The van der Waals surface area contributed by atoms with Crippen molar-refractivity contribution >= 4 is 7.60 Å². The van der Waals surface area contributed by atoms with Crippen LogP contribution in [0.15, 0.2) is 12.2 Å². The van der Waals surface area contributed by atoms with Crippen molar-refractivity contribution in [3.63, 3.8) is 0 Å². The molecule has 0 aromatic rings. The van der Waals surface area contributed by atoms with Gasteiger partial charge in [0.25, 0.3) is 0 Å². The number of unbranched alkanes of at least 4 members (excludes halogenated alkanes) is 12. The summed E-state index contributed by atoms with van der Waals surface area (Å²) in [7, 11) is -3.26. The van der Waals surface area contributed by atoms with Crippen molar-refractivity contribution in [2.24, 2.45) is 0 Å². The maximum Gasteiger partial charge on any atom is 0.325 e. The molecule has 0 aliphatic rings. The van der Waals surface area contributed by atoms with Crippen molar-refractivity contribution in [1.29, 1.82) is 0 Å². The van der Waals surface area contributed by atoms with Crippen LogP contribution in [0.3, 0.4) is 0 Å². The molecule has 0 bridgehead atoms. The second-order valence-corrected chi connectivity index (χ2v) is 8.44. The number of allylic oxidation sites excluding steroid dienone is 2. The molecule has 0 aliphatic carbocycles. The van der Waals surface area contributed by atoms with Crippen LogP contribution in [0.5, 0.6) is 0 Å². The number of hydrogen-bond acceptors (Lipinski definition) is 2. The van der Waals surface area contributed by atoms with E-state index in [-0.39, 0.29) is 0 Å². The van der Waals surface area contributed by atoms with E-state index in [1.165, 1.54) is 83.7 Å². The Bertz CT molecular complexity index is 310. The van der Waals surface area contributed by atoms with Crippen LogP contribution < -0.4 is 0 Å². The number of rotatable bonds is 17. The molecule has 0 amide bonds. The summed E-state index contributed by atoms with van der Waals surface area (Å²) in [6.07, 6.45) is 22.4. The largest absolute Gasteiger partial charge is 0.325 e. The minimum atomic E-state index is -3.26. The van der Waals surface area contributed by atoms with Crippen LogP contribution in [0, 0.1) is 0 Å². The van der Waals surface area contributed by atoms with E-state index in [1.807, 2.05) is 0 Å². The summed E-state index contributed by atoms with van der Waals surface area (Å²) in [6, 6.07) is 0. The summed E-state index contributed by atoms with van der Waals surface area (Å²) in [5.41, 5.74) is 0. The molecule has 1 atom stereocenters. The van der Waals surface area contributed by atoms with Gasteiger partial charge in [-0.25, -0.2) is 0 Å². The summed E-state index contributed by atoms with van der Waals surface area (Å²) >= 11 is 0. The highest BCUT2D eigenvalue weighted by Gasteiger charge is 2.08. The van der Waals surface area contributed by atoms with Crippen LogP contribution in [-0.2, 0) is 9.09 Å². The Morgan fingerprint density at radius 1 is 0.783 bits per heavy atom. The fourth-order valence-corrected chi connectivity index (χ4v) is 3.05. The van der Waals surface area contributed by atoms with Crippen LogP contribution in [0.1, 0.15) is 96.8 Å². The Balaban J connectivity index is 3.12. The molecular weight excluding hydrogens is 307 g/mol. The Morgan fingerprint density at radius 3 is 1.70 bits per heavy atom. The second kappa shape index (κ2) is 16.7. The Kier molecular flexibility index (Phi) is 16.7. The highest BCUT2D eigenvalue weighted by atomic mass is 31.2. The van der Waals surface area contributed by atoms with Crippen molar-refractivity contribution in [2.75, 3.05) is 13.3 Å².